The zero-order valence-electron chi connectivity index (χ0n) is 24.9. The Balaban J connectivity index is 1.05. The number of fused-ring (bicyclic) bond motifs is 6. The lowest BCUT2D eigenvalue weighted by molar-refractivity contribution is 0.655. The van der Waals surface area contributed by atoms with Gasteiger partial charge >= 0.3 is 0 Å². The summed E-state index contributed by atoms with van der Waals surface area (Å²) in [5.74, 6) is 0. The van der Waals surface area contributed by atoms with E-state index < -0.39 is 0 Å². The molecular formula is C41H35N3. The van der Waals surface area contributed by atoms with Crippen molar-refractivity contribution in [2.75, 3.05) is 0 Å². The van der Waals surface area contributed by atoms with E-state index in [1.165, 1.54) is 66.1 Å². The lowest BCUT2D eigenvalue weighted by Crippen LogP contribution is -2.04. The number of rotatable bonds is 9. The number of nitrogens with zero attached hydrogens (tertiary/aromatic N) is 3. The van der Waals surface area contributed by atoms with Crippen LogP contribution in [0.5, 0.6) is 0 Å². The van der Waals surface area contributed by atoms with Crippen molar-refractivity contribution in [3.05, 3.63) is 151 Å². The van der Waals surface area contributed by atoms with Gasteiger partial charge in [0.05, 0.1) is 0 Å². The van der Waals surface area contributed by atoms with E-state index in [1.807, 2.05) is 0 Å². The van der Waals surface area contributed by atoms with Crippen molar-refractivity contribution in [2.24, 2.45) is 0 Å². The number of hydrogen-bond donors (Lipinski definition) is 0. The van der Waals surface area contributed by atoms with E-state index in [-0.39, 0.29) is 0 Å². The molecule has 0 saturated heterocycles. The van der Waals surface area contributed by atoms with Crippen LogP contribution < -0.4 is 0 Å². The first kappa shape index (κ1) is 26.5. The van der Waals surface area contributed by atoms with Crippen LogP contribution in [0.25, 0.3) is 54.7 Å². The Morgan fingerprint density at radius 3 is 1.16 bits per heavy atom. The van der Waals surface area contributed by atoms with Crippen LogP contribution in [0.4, 0.5) is 0 Å². The van der Waals surface area contributed by atoms with E-state index in [4.69, 9.17) is 4.98 Å². The molecule has 0 fully saturated rings. The van der Waals surface area contributed by atoms with Gasteiger partial charge in [0.2, 0.25) is 0 Å². The SMILES string of the molecule is c1ccc(-c2cc(CCCn3c4ccccc4c4ccccc43)nc(CCCn3c4ccccc4c4ccccc43)c2)cc1. The Labute approximate surface area is 258 Å². The Bertz CT molecular complexity index is 1990. The van der Waals surface area contributed by atoms with Crippen molar-refractivity contribution in [1.29, 1.82) is 0 Å². The topological polar surface area (TPSA) is 22.8 Å². The minimum atomic E-state index is 0.946. The molecule has 8 aromatic rings. The summed E-state index contributed by atoms with van der Waals surface area (Å²) in [4.78, 5) is 5.23. The molecule has 0 amide bonds. The molecule has 3 nitrogen and oxygen atoms in total. The van der Waals surface area contributed by atoms with Gasteiger partial charge in [-0.15, -0.1) is 0 Å². The fourth-order valence-electron chi connectivity index (χ4n) is 7.03. The van der Waals surface area contributed by atoms with Gasteiger partial charge in [-0.1, -0.05) is 103 Å². The van der Waals surface area contributed by atoms with E-state index in [9.17, 15) is 0 Å². The van der Waals surface area contributed by atoms with Gasteiger partial charge < -0.3 is 9.13 Å². The number of aryl methyl sites for hydroxylation is 4. The number of hydrogen-bond acceptors (Lipinski definition) is 1. The highest BCUT2D eigenvalue weighted by atomic mass is 15.0. The number of benzene rings is 5. The summed E-state index contributed by atoms with van der Waals surface area (Å²) in [6.07, 6.45) is 3.96. The van der Waals surface area contributed by atoms with Gasteiger partial charge in [-0.3, -0.25) is 4.98 Å². The Hall–Kier alpha value is -5.15. The van der Waals surface area contributed by atoms with Gasteiger partial charge in [0.15, 0.2) is 0 Å². The number of aromatic nitrogens is 3. The van der Waals surface area contributed by atoms with Gasteiger partial charge in [-0.05, 0) is 73.2 Å². The summed E-state index contributed by atoms with van der Waals surface area (Å²) in [5.41, 5.74) is 10.1. The van der Waals surface area contributed by atoms with Gasteiger partial charge in [-0.25, -0.2) is 0 Å². The average molecular weight is 570 g/mol. The lowest BCUT2D eigenvalue weighted by Gasteiger charge is -2.12. The highest BCUT2D eigenvalue weighted by Crippen LogP contribution is 2.31. The zero-order chi connectivity index (χ0) is 29.3. The first-order valence-electron chi connectivity index (χ1n) is 15.8. The van der Waals surface area contributed by atoms with Crippen molar-refractivity contribution < 1.29 is 0 Å². The predicted molar refractivity (Wildman–Crippen MR) is 185 cm³/mol. The summed E-state index contributed by atoms with van der Waals surface area (Å²) in [6.45, 7) is 1.93. The molecule has 0 aliphatic carbocycles. The highest BCUT2D eigenvalue weighted by molar-refractivity contribution is 6.08. The molecule has 3 heterocycles. The minimum absolute atomic E-state index is 0.946. The second-order valence-corrected chi connectivity index (χ2v) is 11.8. The van der Waals surface area contributed by atoms with E-state index in [0.29, 0.717) is 0 Å². The molecular weight excluding hydrogens is 534 g/mol. The largest absolute Gasteiger partial charge is 0.340 e. The van der Waals surface area contributed by atoms with Crippen molar-refractivity contribution in [1.82, 2.24) is 14.1 Å². The maximum Gasteiger partial charge on any atom is 0.0491 e. The monoisotopic (exact) mass is 569 g/mol. The Morgan fingerprint density at radius 1 is 0.386 bits per heavy atom. The summed E-state index contributed by atoms with van der Waals surface area (Å²) in [6, 6.07) is 50.5. The number of pyridine rings is 1. The van der Waals surface area contributed by atoms with Crippen LogP contribution >= 0.6 is 0 Å². The van der Waals surface area contributed by atoms with Gasteiger partial charge in [-0.2, -0.15) is 0 Å². The second kappa shape index (κ2) is 11.5. The molecule has 214 valence electrons. The van der Waals surface area contributed by atoms with Gasteiger partial charge in [0.25, 0.3) is 0 Å². The van der Waals surface area contributed by atoms with E-state index >= 15 is 0 Å². The minimum Gasteiger partial charge on any atom is -0.340 e. The molecule has 3 heteroatoms. The fourth-order valence-corrected chi connectivity index (χ4v) is 7.03. The van der Waals surface area contributed by atoms with Crippen molar-refractivity contribution >= 4 is 43.6 Å². The molecule has 0 spiro atoms. The third-order valence-electron chi connectivity index (χ3n) is 9.03. The standard InChI is InChI=1S/C41H35N3/c1-2-14-30(15-3-1)31-28-32(16-12-26-43-38-22-8-4-18-34(38)35-19-5-9-23-39(35)43)42-33(29-31)17-13-27-44-40-24-10-6-20-36(40)37-21-7-11-25-41(37)44/h1-11,14-15,18-25,28-29H,12-13,16-17,26-27H2. The lowest BCUT2D eigenvalue weighted by atomic mass is 10.0. The van der Waals surface area contributed by atoms with E-state index in [1.54, 1.807) is 0 Å². The molecule has 0 aliphatic rings. The van der Waals surface area contributed by atoms with E-state index in [2.05, 4.69) is 149 Å². The van der Waals surface area contributed by atoms with Crippen LogP contribution in [0.15, 0.2) is 140 Å². The molecule has 8 rings (SSSR count). The van der Waals surface area contributed by atoms with Crippen LogP contribution in [-0.2, 0) is 25.9 Å². The molecule has 0 radical (unpaired) electrons. The van der Waals surface area contributed by atoms with Gasteiger partial charge in [0, 0.05) is 68.1 Å². The van der Waals surface area contributed by atoms with Crippen LogP contribution in [0.1, 0.15) is 24.2 Å². The number of para-hydroxylation sites is 4. The maximum absolute atomic E-state index is 5.23. The Kier molecular flexibility index (Phi) is 6.92. The smallest absolute Gasteiger partial charge is 0.0491 e. The second-order valence-electron chi connectivity index (χ2n) is 11.8. The molecule has 5 aromatic carbocycles. The summed E-state index contributed by atoms with van der Waals surface area (Å²) < 4.78 is 4.97. The van der Waals surface area contributed by atoms with Crippen molar-refractivity contribution in [3.8, 4) is 11.1 Å². The molecule has 0 saturated carbocycles. The Morgan fingerprint density at radius 2 is 0.750 bits per heavy atom. The van der Waals surface area contributed by atoms with Crippen molar-refractivity contribution in [2.45, 2.75) is 38.8 Å². The fraction of sp³-hybridized carbons (Fsp3) is 0.146. The first-order chi connectivity index (χ1) is 21.8. The van der Waals surface area contributed by atoms with Gasteiger partial charge in [0.1, 0.15) is 0 Å². The molecule has 0 aliphatic heterocycles. The van der Waals surface area contributed by atoms with E-state index in [0.717, 1.165) is 38.8 Å². The summed E-state index contributed by atoms with van der Waals surface area (Å²) in [5, 5.41) is 5.33. The molecule has 44 heavy (non-hydrogen) atoms. The highest BCUT2D eigenvalue weighted by Gasteiger charge is 2.12. The first-order valence-corrected chi connectivity index (χ1v) is 15.8. The summed E-state index contributed by atoms with van der Waals surface area (Å²) in [7, 11) is 0. The quantitative estimate of drug-likeness (QED) is 0.170. The molecule has 0 N–H and O–H groups in total. The van der Waals surface area contributed by atoms with Crippen LogP contribution in [0.2, 0.25) is 0 Å². The maximum atomic E-state index is 5.23. The molecule has 0 atom stereocenters. The zero-order valence-corrected chi connectivity index (χ0v) is 24.9. The molecule has 0 bridgehead atoms. The third-order valence-corrected chi connectivity index (χ3v) is 9.03. The van der Waals surface area contributed by atoms with Crippen molar-refractivity contribution in [3.63, 3.8) is 0 Å². The normalized spacial score (nSPS) is 11.7. The van der Waals surface area contributed by atoms with Crippen LogP contribution in [0.3, 0.4) is 0 Å². The molecule has 0 unspecified atom stereocenters. The van der Waals surface area contributed by atoms with Crippen LogP contribution in [0, 0.1) is 0 Å². The predicted octanol–water partition coefficient (Wildman–Crippen LogP) is 10.2. The average Bonchev–Trinajstić information content (AvgIpc) is 3.58. The third kappa shape index (κ3) is 4.85. The van der Waals surface area contributed by atoms with Crippen LogP contribution in [-0.4, -0.2) is 14.1 Å². The molecule has 3 aromatic heterocycles. The summed E-state index contributed by atoms with van der Waals surface area (Å²) >= 11 is 0.